The van der Waals surface area contributed by atoms with Gasteiger partial charge in [0.1, 0.15) is 0 Å². The number of imide groups is 3. The Morgan fingerprint density at radius 2 is 1.63 bits per heavy atom. The Hall–Kier alpha value is -1.59. The monoisotopic (exact) mass is 301 g/mol. The fourth-order valence-electron chi connectivity index (χ4n) is 1.81. The minimum Gasteiger partial charge on any atom is -0.494 e. The van der Waals surface area contributed by atoms with E-state index < -0.39 is 17.7 Å². The van der Waals surface area contributed by atoms with E-state index in [0.717, 1.165) is 0 Å². The SMILES string of the molecule is COc1c(Cl)cc(C(=O)N2C(=O)CCC2=O)cc1Cl. The van der Waals surface area contributed by atoms with Crippen LogP contribution in [0.3, 0.4) is 0 Å². The number of hydrogen-bond acceptors (Lipinski definition) is 4. The van der Waals surface area contributed by atoms with Crippen LogP contribution in [-0.2, 0) is 9.59 Å². The van der Waals surface area contributed by atoms with Crippen molar-refractivity contribution in [2.75, 3.05) is 7.11 Å². The maximum absolute atomic E-state index is 12.1. The third kappa shape index (κ3) is 2.43. The van der Waals surface area contributed by atoms with Crippen LogP contribution in [0.2, 0.25) is 10.0 Å². The molecule has 1 saturated heterocycles. The second-order valence-corrected chi connectivity index (χ2v) is 4.72. The Morgan fingerprint density at radius 1 is 1.16 bits per heavy atom. The molecule has 0 unspecified atom stereocenters. The van der Waals surface area contributed by atoms with Crippen molar-refractivity contribution in [2.45, 2.75) is 12.8 Å². The molecule has 1 aliphatic rings. The van der Waals surface area contributed by atoms with Crippen LogP contribution in [0, 0.1) is 0 Å². The highest BCUT2D eigenvalue weighted by Gasteiger charge is 2.35. The van der Waals surface area contributed by atoms with Gasteiger partial charge in [-0.1, -0.05) is 23.2 Å². The Morgan fingerprint density at radius 3 is 2.05 bits per heavy atom. The fraction of sp³-hybridized carbons (Fsp3) is 0.250. The first kappa shape index (κ1) is 13.8. The van der Waals surface area contributed by atoms with E-state index in [1.807, 2.05) is 0 Å². The normalized spacial score (nSPS) is 15.0. The largest absolute Gasteiger partial charge is 0.494 e. The average Bonchev–Trinajstić information content (AvgIpc) is 2.68. The number of benzene rings is 1. The number of amides is 3. The van der Waals surface area contributed by atoms with Gasteiger partial charge in [0.05, 0.1) is 17.2 Å². The van der Waals surface area contributed by atoms with Crippen molar-refractivity contribution in [3.8, 4) is 5.75 Å². The van der Waals surface area contributed by atoms with E-state index in [9.17, 15) is 14.4 Å². The van der Waals surface area contributed by atoms with Crippen LogP contribution in [0.15, 0.2) is 12.1 Å². The predicted octanol–water partition coefficient (Wildman–Crippen LogP) is 2.29. The van der Waals surface area contributed by atoms with E-state index in [1.165, 1.54) is 19.2 Å². The second kappa shape index (κ2) is 5.19. The molecule has 7 heteroatoms. The summed E-state index contributed by atoms with van der Waals surface area (Å²) in [6.07, 6.45) is 0.0877. The van der Waals surface area contributed by atoms with Gasteiger partial charge in [-0.2, -0.15) is 0 Å². The smallest absolute Gasteiger partial charge is 0.267 e. The summed E-state index contributed by atoms with van der Waals surface area (Å²) in [5.74, 6) is -1.52. The maximum Gasteiger partial charge on any atom is 0.267 e. The molecule has 1 aliphatic heterocycles. The molecule has 19 heavy (non-hydrogen) atoms. The molecule has 0 aromatic heterocycles. The first-order chi connectivity index (χ1) is 8.95. The second-order valence-electron chi connectivity index (χ2n) is 3.90. The van der Waals surface area contributed by atoms with Gasteiger partial charge < -0.3 is 4.74 Å². The Balaban J connectivity index is 2.40. The van der Waals surface area contributed by atoms with Crippen molar-refractivity contribution in [3.05, 3.63) is 27.7 Å². The van der Waals surface area contributed by atoms with Gasteiger partial charge in [0.15, 0.2) is 5.75 Å². The summed E-state index contributed by atoms with van der Waals surface area (Å²) in [5.41, 5.74) is 0.0689. The zero-order chi connectivity index (χ0) is 14.2. The van der Waals surface area contributed by atoms with Crippen LogP contribution in [0.1, 0.15) is 23.2 Å². The molecule has 1 aromatic carbocycles. The van der Waals surface area contributed by atoms with Crippen molar-refractivity contribution >= 4 is 40.9 Å². The van der Waals surface area contributed by atoms with Crippen LogP contribution in [-0.4, -0.2) is 29.7 Å². The van der Waals surface area contributed by atoms with Crippen molar-refractivity contribution in [3.63, 3.8) is 0 Å². The van der Waals surface area contributed by atoms with Crippen molar-refractivity contribution in [2.24, 2.45) is 0 Å². The number of hydrogen-bond donors (Lipinski definition) is 0. The van der Waals surface area contributed by atoms with Gasteiger partial charge in [0.25, 0.3) is 5.91 Å². The summed E-state index contributed by atoms with van der Waals surface area (Å²) in [5, 5.41) is 0.273. The van der Waals surface area contributed by atoms with Crippen molar-refractivity contribution in [1.29, 1.82) is 0 Å². The number of carbonyl (C=O) groups is 3. The number of ether oxygens (including phenoxy) is 1. The fourth-order valence-corrected chi connectivity index (χ4v) is 2.45. The highest BCUT2D eigenvalue weighted by molar-refractivity contribution is 6.38. The molecule has 100 valence electrons. The predicted molar refractivity (Wildman–Crippen MR) is 68.4 cm³/mol. The Kier molecular flexibility index (Phi) is 3.78. The number of rotatable bonds is 2. The number of likely N-dealkylation sites (tertiary alicyclic amines) is 1. The summed E-state index contributed by atoms with van der Waals surface area (Å²) in [7, 11) is 1.39. The first-order valence-electron chi connectivity index (χ1n) is 5.39. The van der Waals surface area contributed by atoms with Gasteiger partial charge in [-0.25, -0.2) is 4.90 Å². The molecule has 0 spiro atoms. The first-order valence-corrected chi connectivity index (χ1v) is 6.14. The Labute approximate surface area is 119 Å². The zero-order valence-corrected chi connectivity index (χ0v) is 11.4. The lowest BCUT2D eigenvalue weighted by Crippen LogP contribution is -2.35. The minimum atomic E-state index is -0.723. The van der Waals surface area contributed by atoms with Gasteiger partial charge in [-0.05, 0) is 12.1 Å². The van der Waals surface area contributed by atoms with E-state index >= 15 is 0 Å². The van der Waals surface area contributed by atoms with Crippen LogP contribution in [0.25, 0.3) is 0 Å². The van der Waals surface area contributed by atoms with Crippen LogP contribution < -0.4 is 4.74 Å². The summed E-state index contributed by atoms with van der Waals surface area (Å²) in [6.45, 7) is 0. The van der Waals surface area contributed by atoms with E-state index in [0.29, 0.717) is 4.90 Å². The quantitative estimate of drug-likeness (QED) is 0.786. The van der Waals surface area contributed by atoms with Crippen LogP contribution in [0.4, 0.5) is 0 Å². The van der Waals surface area contributed by atoms with Crippen LogP contribution >= 0.6 is 23.2 Å². The number of nitrogens with zero attached hydrogens (tertiary/aromatic N) is 1. The zero-order valence-electron chi connectivity index (χ0n) is 9.91. The molecular formula is C12H9Cl2NO4. The van der Waals surface area contributed by atoms with Crippen molar-refractivity contribution < 1.29 is 19.1 Å². The molecule has 3 amide bonds. The van der Waals surface area contributed by atoms with E-state index in [2.05, 4.69) is 0 Å². The maximum atomic E-state index is 12.1. The number of methoxy groups -OCH3 is 1. The Bertz CT molecular complexity index is 546. The molecule has 0 atom stereocenters. The molecule has 0 bridgehead atoms. The number of carbonyl (C=O) groups excluding carboxylic acids is 3. The summed E-state index contributed by atoms with van der Waals surface area (Å²) >= 11 is 11.8. The van der Waals surface area contributed by atoms with Gasteiger partial charge >= 0.3 is 0 Å². The average molecular weight is 302 g/mol. The minimum absolute atomic E-state index is 0.0438. The molecule has 0 radical (unpaired) electrons. The highest BCUT2D eigenvalue weighted by Crippen LogP contribution is 2.34. The topological polar surface area (TPSA) is 63.7 Å². The molecule has 5 nitrogen and oxygen atoms in total. The summed E-state index contributed by atoms with van der Waals surface area (Å²) in [4.78, 5) is 35.7. The van der Waals surface area contributed by atoms with Crippen molar-refractivity contribution in [1.82, 2.24) is 4.90 Å². The van der Waals surface area contributed by atoms with Gasteiger partial charge in [0.2, 0.25) is 11.8 Å². The van der Waals surface area contributed by atoms with E-state index in [-0.39, 0.29) is 34.2 Å². The number of halogens is 2. The lowest BCUT2D eigenvalue weighted by molar-refractivity contribution is -0.134. The molecule has 0 aliphatic carbocycles. The molecule has 0 N–H and O–H groups in total. The third-order valence-corrected chi connectivity index (χ3v) is 3.27. The molecule has 1 fully saturated rings. The highest BCUT2D eigenvalue weighted by atomic mass is 35.5. The summed E-state index contributed by atoms with van der Waals surface area (Å²) in [6, 6.07) is 2.63. The standard InChI is InChI=1S/C12H9Cl2NO4/c1-19-11-7(13)4-6(5-8(11)14)12(18)15-9(16)2-3-10(15)17/h4-5H,2-3H2,1H3. The summed E-state index contributed by atoms with van der Waals surface area (Å²) < 4.78 is 4.96. The molecule has 1 aromatic rings. The molecule has 0 saturated carbocycles. The lowest BCUT2D eigenvalue weighted by atomic mass is 10.2. The molecular weight excluding hydrogens is 293 g/mol. The third-order valence-electron chi connectivity index (χ3n) is 2.70. The van der Waals surface area contributed by atoms with Gasteiger partial charge in [-0.15, -0.1) is 0 Å². The van der Waals surface area contributed by atoms with E-state index in [1.54, 1.807) is 0 Å². The van der Waals surface area contributed by atoms with Gasteiger partial charge in [0, 0.05) is 18.4 Å². The van der Waals surface area contributed by atoms with Gasteiger partial charge in [-0.3, -0.25) is 14.4 Å². The molecule has 2 rings (SSSR count). The van der Waals surface area contributed by atoms with Crippen LogP contribution in [0.5, 0.6) is 5.75 Å². The van der Waals surface area contributed by atoms with E-state index in [4.69, 9.17) is 27.9 Å². The lowest BCUT2D eigenvalue weighted by Gasteiger charge is -2.13. The molecule has 1 heterocycles.